The molecule has 0 amide bonds. The number of carbonyl (C=O) groups is 1. The van der Waals surface area contributed by atoms with E-state index in [-0.39, 0.29) is 16.7 Å². The van der Waals surface area contributed by atoms with E-state index in [1.165, 1.54) is 11.6 Å². The van der Waals surface area contributed by atoms with E-state index in [0.717, 1.165) is 30.4 Å². The van der Waals surface area contributed by atoms with E-state index in [4.69, 9.17) is 11.6 Å². The molecule has 2 aromatic rings. The van der Waals surface area contributed by atoms with Gasteiger partial charge in [-0.3, -0.25) is 4.79 Å². The Kier molecular flexibility index (Phi) is 4.07. The fraction of sp³-hybridized carbons (Fsp3) is 0.278. The standard InChI is InChI=1S/C18H16ClFO/c19-16-10-12(8-9-17(16)20)11-18(21)15-7-3-5-13-4-1-2-6-14(13)15/h1-2,4,6,8-10,15H,3,5,7,11H2. The second-order valence-electron chi connectivity index (χ2n) is 5.54. The number of aryl methyl sites for hydroxylation is 1. The molecular weight excluding hydrogens is 287 g/mol. The van der Waals surface area contributed by atoms with E-state index >= 15 is 0 Å². The molecule has 0 spiro atoms. The van der Waals surface area contributed by atoms with Crippen LogP contribution >= 0.6 is 11.6 Å². The first-order valence-corrected chi connectivity index (χ1v) is 7.57. The first-order chi connectivity index (χ1) is 10.1. The van der Waals surface area contributed by atoms with E-state index in [1.807, 2.05) is 12.1 Å². The lowest BCUT2D eigenvalue weighted by Crippen LogP contribution is -2.20. The normalized spacial score (nSPS) is 17.3. The van der Waals surface area contributed by atoms with Crippen molar-refractivity contribution in [2.24, 2.45) is 0 Å². The van der Waals surface area contributed by atoms with Gasteiger partial charge in [0.05, 0.1) is 5.02 Å². The van der Waals surface area contributed by atoms with Gasteiger partial charge in [-0.2, -0.15) is 0 Å². The topological polar surface area (TPSA) is 17.1 Å². The average molecular weight is 303 g/mol. The molecule has 21 heavy (non-hydrogen) atoms. The van der Waals surface area contributed by atoms with Crippen LogP contribution in [-0.2, 0) is 17.6 Å². The number of hydrogen-bond acceptors (Lipinski definition) is 1. The molecule has 108 valence electrons. The van der Waals surface area contributed by atoms with Crippen LogP contribution in [0.1, 0.15) is 35.4 Å². The minimum absolute atomic E-state index is 0.0428. The molecule has 0 aliphatic heterocycles. The smallest absolute Gasteiger partial charge is 0.144 e. The zero-order valence-corrected chi connectivity index (χ0v) is 12.4. The number of rotatable bonds is 3. The summed E-state index contributed by atoms with van der Waals surface area (Å²) in [6, 6.07) is 12.7. The summed E-state index contributed by atoms with van der Waals surface area (Å²) in [4.78, 5) is 12.6. The Bertz CT molecular complexity index is 681. The average Bonchev–Trinajstić information content (AvgIpc) is 2.50. The Morgan fingerprint density at radius 1 is 1.24 bits per heavy atom. The number of fused-ring (bicyclic) bond motifs is 1. The van der Waals surface area contributed by atoms with Gasteiger partial charge in [0.2, 0.25) is 0 Å². The SMILES string of the molecule is O=C(Cc1ccc(F)c(Cl)c1)C1CCCc2ccccc21. The van der Waals surface area contributed by atoms with Crippen molar-refractivity contribution in [3.63, 3.8) is 0 Å². The lowest BCUT2D eigenvalue weighted by Gasteiger charge is -2.24. The molecular formula is C18H16ClFO. The molecule has 0 bridgehead atoms. The largest absolute Gasteiger partial charge is 0.299 e. The highest BCUT2D eigenvalue weighted by Crippen LogP contribution is 2.33. The van der Waals surface area contributed by atoms with Crippen LogP contribution in [0.4, 0.5) is 4.39 Å². The predicted octanol–water partition coefficient (Wildman–Crippen LogP) is 4.71. The number of carbonyl (C=O) groups excluding carboxylic acids is 1. The van der Waals surface area contributed by atoms with Gasteiger partial charge in [-0.05, 0) is 48.1 Å². The van der Waals surface area contributed by atoms with Crippen molar-refractivity contribution in [2.45, 2.75) is 31.6 Å². The van der Waals surface area contributed by atoms with Crippen molar-refractivity contribution >= 4 is 17.4 Å². The Morgan fingerprint density at radius 2 is 2.05 bits per heavy atom. The Morgan fingerprint density at radius 3 is 2.86 bits per heavy atom. The van der Waals surface area contributed by atoms with E-state index in [1.54, 1.807) is 12.1 Å². The van der Waals surface area contributed by atoms with Gasteiger partial charge in [0.25, 0.3) is 0 Å². The molecule has 1 aliphatic carbocycles. The molecule has 3 rings (SSSR count). The van der Waals surface area contributed by atoms with Gasteiger partial charge in [-0.25, -0.2) is 4.39 Å². The maximum Gasteiger partial charge on any atom is 0.144 e. The molecule has 0 radical (unpaired) electrons. The van der Waals surface area contributed by atoms with Gasteiger partial charge in [0.15, 0.2) is 0 Å². The van der Waals surface area contributed by atoms with Crippen molar-refractivity contribution < 1.29 is 9.18 Å². The van der Waals surface area contributed by atoms with E-state index < -0.39 is 5.82 Å². The lowest BCUT2D eigenvalue weighted by atomic mass is 9.79. The van der Waals surface area contributed by atoms with E-state index in [2.05, 4.69) is 12.1 Å². The Hall–Kier alpha value is -1.67. The maximum atomic E-state index is 13.2. The number of halogens is 2. The highest BCUT2D eigenvalue weighted by Gasteiger charge is 2.25. The van der Waals surface area contributed by atoms with Gasteiger partial charge < -0.3 is 0 Å². The summed E-state index contributed by atoms with van der Waals surface area (Å²) in [6.45, 7) is 0. The summed E-state index contributed by atoms with van der Waals surface area (Å²) in [7, 11) is 0. The van der Waals surface area contributed by atoms with Crippen LogP contribution in [-0.4, -0.2) is 5.78 Å². The number of hydrogen-bond donors (Lipinski definition) is 0. The second kappa shape index (κ2) is 5.98. The number of benzene rings is 2. The van der Waals surface area contributed by atoms with Crippen LogP contribution in [0.2, 0.25) is 5.02 Å². The fourth-order valence-electron chi connectivity index (χ4n) is 3.06. The van der Waals surface area contributed by atoms with Gasteiger partial charge in [-0.1, -0.05) is 41.9 Å². The maximum absolute atomic E-state index is 13.2. The summed E-state index contributed by atoms with van der Waals surface area (Å²) in [6.07, 6.45) is 3.28. The van der Waals surface area contributed by atoms with Crippen molar-refractivity contribution in [1.29, 1.82) is 0 Å². The van der Waals surface area contributed by atoms with Gasteiger partial charge in [0.1, 0.15) is 11.6 Å². The minimum atomic E-state index is -0.448. The molecule has 0 fully saturated rings. The molecule has 1 unspecified atom stereocenters. The van der Waals surface area contributed by atoms with E-state index in [9.17, 15) is 9.18 Å². The third kappa shape index (κ3) is 3.01. The molecule has 0 heterocycles. The zero-order valence-electron chi connectivity index (χ0n) is 11.6. The third-order valence-electron chi connectivity index (χ3n) is 4.12. The molecule has 1 nitrogen and oxygen atoms in total. The highest BCUT2D eigenvalue weighted by molar-refractivity contribution is 6.30. The van der Waals surface area contributed by atoms with Gasteiger partial charge in [0, 0.05) is 12.3 Å². The predicted molar refractivity (Wildman–Crippen MR) is 82.2 cm³/mol. The summed E-state index contributed by atoms with van der Waals surface area (Å²) in [5, 5.41) is 0.0735. The molecule has 0 saturated heterocycles. The van der Waals surface area contributed by atoms with Crippen molar-refractivity contribution in [1.82, 2.24) is 0 Å². The lowest BCUT2D eigenvalue weighted by molar-refractivity contribution is -0.120. The molecule has 2 aromatic carbocycles. The summed E-state index contributed by atoms with van der Waals surface area (Å²) in [5.74, 6) is -0.306. The Balaban J connectivity index is 1.81. The van der Waals surface area contributed by atoms with Crippen LogP contribution in [0.5, 0.6) is 0 Å². The van der Waals surface area contributed by atoms with Crippen LogP contribution in [0.15, 0.2) is 42.5 Å². The van der Waals surface area contributed by atoms with Crippen molar-refractivity contribution in [3.05, 3.63) is 70.0 Å². The molecule has 1 aliphatic rings. The first kappa shape index (κ1) is 14.3. The van der Waals surface area contributed by atoms with Crippen LogP contribution < -0.4 is 0 Å². The molecule has 0 saturated carbocycles. The van der Waals surface area contributed by atoms with Crippen molar-refractivity contribution in [2.75, 3.05) is 0 Å². The summed E-state index contributed by atoms with van der Waals surface area (Å²) in [5.41, 5.74) is 3.20. The molecule has 3 heteroatoms. The van der Waals surface area contributed by atoms with Gasteiger partial charge >= 0.3 is 0 Å². The Labute approximate surface area is 128 Å². The number of Topliss-reactive ketones (excluding diaryl/α,β-unsaturated/α-hetero) is 1. The third-order valence-corrected chi connectivity index (χ3v) is 4.41. The van der Waals surface area contributed by atoms with E-state index in [0.29, 0.717) is 6.42 Å². The van der Waals surface area contributed by atoms with Crippen LogP contribution in [0.25, 0.3) is 0 Å². The molecule has 0 aromatic heterocycles. The van der Waals surface area contributed by atoms with Crippen molar-refractivity contribution in [3.8, 4) is 0 Å². The summed E-state index contributed by atoms with van der Waals surface area (Å²) >= 11 is 5.78. The molecule has 0 N–H and O–H groups in total. The quantitative estimate of drug-likeness (QED) is 0.802. The number of ketones is 1. The van der Waals surface area contributed by atoms with Gasteiger partial charge in [-0.15, -0.1) is 0 Å². The fourth-order valence-corrected chi connectivity index (χ4v) is 3.27. The van der Waals surface area contributed by atoms with Crippen LogP contribution in [0, 0.1) is 5.82 Å². The minimum Gasteiger partial charge on any atom is -0.299 e. The summed E-state index contributed by atoms with van der Waals surface area (Å²) < 4.78 is 13.2. The zero-order chi connectivity index (χ0) is 14.8. The first-order valence-electron chi connectivity index (χ1n) is 7.19. The molecule has 1 atom stereocenters. The van der Waals surface area contributed by atoms with Crippen LogP contribution in [0.3, 0.4) is 0 Å². The highest BCUT2D eigenvalue weighted by atomic mass is 35.5. The monoisotopic (exact) mass is 302 g/mol. The second-order valence-corrected chi connectivity index (χ2v) is 5.94.